The lowest BCUT2D eigenvalue weighted by molar-refractivity contribution is 0.0901. The molecular weight excluding hydrogens is 270 g/mol. The zero-order valence-corrected chi connectivity index (χ0v) is 13.3. The second kappa shape index (κ2) is 9.60. The molecule has 5 heteroatoms. The highest BCUT2D eigenvalue weighted by atomic mass is 16.5. The van der Waals surface area contributed by atoms with Crippen LogP contribution in [0.15, 0.2) is 24.3 Å². The van der Waals surface area contributed by atoms with Gasteiger partial charge in [-0.05, 0) is 30.2 Å². The van der Waals surface area contributed by atoms with Crippen molar-refractivity contribution >= 4 is 0 Å². The largest absolute Gasteiger partial charge is 0.497 e. The minimum absolute atomic E-state index is 0.227. The normalized spacial score (nSPS) is 14.0. The van der Waals surface area contributed by atoms with Crippen LogP contribution in [0, 0.1) is 5.92 Å². The summed E-state index contributed by atoms with van der Waals surface area (Å²) in [4.78, 5) is 0. The molecule has 2 unspecified atom stereocenters. The van der Waals surface area contributed by atoms with E-state index in [1.54, 1.807) is 14.2 Å². The predicted molar refractivity (Wildman–Crippen MR) is 83.0 cm³/mol. The van der Waals surface area contributed by atoms with Crippen LogP contribution < -0.4 is 14.8 Å². The van der Waals surface area contributed by atoms with E-state index in [4.69, 9.17) is 14.2 Å². The van der Waals surface area contributed by atoms with E-state index in [9.17, 15) is 5.11 Å². The second-order valence-electron chi connectivity index (χ2n) is 5.35. The van der Waals surface area contributed by atoms with Crippen molar-refractivity contribution in [1.82, 2.24) is 5.32 Å². The summed E-state index contributed by atoms with van der Waals surface area (Å²) in [6.07, 6.45) is -0.565. The fourth-order valence-electron chi connectivity index (χ4n) is 1.88. The van der Waals surface area contributed by atoms with E-state index in [0.29, 0.717) is 24.8 Å². The predicted octanol–water partition coefficient (Wildman–Crippen LogP) is 1.70. The Labute approximate surface area is 127 Å². The lowest BCUT2D eigenvalue weighted by Crippen LogP contribution is -2.43. The number of methoxy groups -OCH3 is 2. The van der Waals surface area contributed by atoms with Crippen LogP contribution in [-0.2, 0) is 4.74 Å². The van der Waals surface area contributed by atoms with Crippen molar-refractivity contribution in [1.29, 1.82) is 0 Å². The monoisotopic (exact) mass is 297 g/mol. The minimum Gasteiger partial charge on any atom is -0.497 e. The molecule has 0 aromatic heterocycles. The molecule has 0 amide bonds. The number of nitrogens with one attached hydrogen (secondary N) is 1. The maximum absolute atomic E-state index is 9.96. The summed E-state index contributed by atoms with van der Waals surface area (Å²) in [7, 11) is 3.30. The molecule has 2 N–H and O–H groups in total. The third-order valence-corrected chi connectivity index (χ3v) is 3.27. The molecule has 0 radical (unpaired) electrons. The second-order valence-corrected chi connectivity index (χ2v) is 5.35. The maximum Gasteiger partial charge on any atom is 0.119 e. The van der Waals surface area contributed by atoms with E-state index >= 15 is 0 Å². The van der Waals surface area contributed by atoms with Crippen molar-refractivity contribution in [2.24, 2.45) is 5.92 Å². The van der Waals surface area contributed by atoms with Crippen molar-refractivity contribution in [2.45, 2.75) is 26.0 Å². The lowest BCUT2D eigenvalue weighted by Gasteiger charge is -2.23. The van der Waals surface area contributed by atoms with Crippen molar-refractivity contribution in [3.63, 3.8) is 0 Å². The number of ether oxygens (including phenoxy) is 3. The van der Waals surface area contributed by atoms with Crippen LogP contribution in [0.1, 0.15) is 13.8 Å². The molecule has 0 bridgehead atoms. The smallest absolute Gasteiger partial charge is 0.119 e. The zero-order chi connectivity index (χ0) is 15.7. The first-order valence-electron chi connectivity index (χ1n) is 7.24. The molecule has 0 saturated heterocycles. The highest BCUT2D eigenvalue weighted by molar-refractivity contribution is 5.31. The number of rotatable bonds is 10. The van der Waals surface area contributed by atoms with E-state index in [-0.39, 0.29) is 12.6 Å². The van der Waals surface area contributed by atoms with Crippen LogP contribution in [0.3, 0.4) is 0 Å². The summed E-state index contributed by atoms with van der Waals surface area (Å²) in [5.74, 6) is 1.94. The molecule has 0 spiro atoms. The summed E-state index contributed by atoms with van der Waals surface area (Å²) in [5.41, 5.74) is 0. The third-order valence-electron chi connectivity index (χ3n) is 3.27. The summed E-state index contributed by atoms with van der Waals surface area (Å²) < 4.78 is 15.8. The number of hydrogen-bond acceptors (Lipinski definition) is 5. The SMILES string of the molecule is COCC(NCC(O)COc1ccc(OC)cc1)C(C)C. The van der Waals surface area contributed by atoms with Gasteiger partial charge in [-0.2, -0.15) is 0 Å². The van der Waals surface area contributed by atoms with Gasteiger partial charge in [0.15, 0.2) is 0 Å². The number of aliphatic hydroxyl groups excluding tert-OH is 1. The van der Waals surface area contributed by atoms with Gasteiger partial charge in [-0.15, -0.1) is 0 Å². The van der Waals surface area contributed by atoms with E-state index < -0.39 is 6.10 Å². The first-order valence-corrected chi connectivity index (χ1v) is 7.24. The van der Waals surface area contributed by atoms with Gasteiger partial charge in [0, 0.05) is 19.7 Å². The van der Waals surface area contributed by atoms with Gasteiger partial charge >= 0.3 is 0 Å². The Morgan fingerprint density at radius 1 is 1.05 bits per heavy atom. The highest BCUT2D eigenvalue weighted by Crippen LogP contribution is 2.17. The van der Waals surface area contributed by atoms with Gasteiger partial charge in [-0.1, -0.05) is 13.8 Å². The van der Waals surface area contributed by atoms with Gasteiger partial charge < -0.3 is 24.6 Å². The van der Waals surface area contributed by atoms with Crippen molar-refractivity contribution < 1.29 is 19.3 Å². The molecule has 0 heterocycles. The molecule has 0 aliphatic carbocycles. The van der Waals surface area contributed by atoms with Gasteiger partial charge in [0.05, 0.1) is 13.7 Å². The number of aliphatic hydroxyl groups is 1. The quantitative estimate of drug-likeness (QED) is 0.688. The van der Waals surface area contributed by atoms with Gasteiger partial charge in [-0.3, -0.25) is 0 Å². The summed E-state index contributed by atoms with van der Waals surface area (Å²) in [6, 6.07) is 7.52. The fraction of sp³-hybridized carbons (Fsp3) is 0.625. The van der Waals surface area contributed by atoms with Gasteiger partial charge in [0.2, 0.25) is 0 Å². The van der Waals surface area contributed by atoms with Crippen LogP contribution in [0.25, 0.3) is 0 Å². The number of hydrogen-bond donors (Lipinski definition) is 2. The van der Waals surface area contributed by atoms with Crippen molar-refractivity contribution in [3.05, 3.63) is 24.3 Å². The summed E-state index contributed by atoms with van der Waals surface area (Å²) >= 11 is 0. The van der Waals surface area contributed by atoms with Crippen molar-refractivity contribution in [2.75, 3.05) is 34.0 Å². The molecule has 21 heavy (non-hydrogen) atoms. The van der Waals surface area contributed by atoms with Crippen LogP contribution in [-0.4, -0.2) is 51.2 Å². The molecule has 2 atom stereocenters. The maximum atomic E-state index is 9.96. The van der Waals surface area contributed by atoms with E-state index in [1.807, 2.05) is 24.3 Å². The summed E-state index contributed by atoms with van der Waals surface area (Å²) in [6.45, 7) is 5.59. The Bertz CT molecular complexity index is 380. The average molecular weight is 297 g/mol. The Morgan fingerprint density at radius 3 is 2.19 bits per heavy atom. The molecule has 0 aliphatic rings. The summed E-state index contributed by atoms with van der Waals surface area (Å²) in [5, 5.41) is 13.3. The standard InChI is InChI=1S/C16H27NO4/c1-12(2)16(11-19-3)17-9-13(18)10-21-15-7-5-14(20-4)6-8-15/h5-8,12-13,16-18H,9-11H2,1-4H3. The Kier molecular flexibility index (Phi) is 8.12. The first-order chi connectivity index (χ1) is 10.1. The van der Waals surface area contributed by atoms with Crippen LogP contribution >= 0.6 is 0 Å². The molecule has 0 fully saturated rings. The van der Waals surface area contributed by atoms with Gasteiger partial charge in [0.25, 0.3) is 0 Å². The lowest BCUT2D eigenvalue weighted by atomic mass is 10.1. The Morgan fingerprint density at radius 2 is 1.67 bits per heavy atom. The third kappa shape index (κ3) is 6.80. The molecule has 0 aliphatic heterocycles. The number of benzene rings is 1. The molecule has 120 valence electrons. The molecule has 0 saturated carbocycles. The average Bonchev–Trinajstić information content (AvgIpc) is 2.49. The minimum atomic E-state index is -0.565. The molecular formula is C16H27NO4. The Hall–Kier alpha value is -1.30. The zero-order valence-electron chi connectivity index (χ0n) is 13.3. The Balaban J connectivity index is 2.30. The topological polar surface area (TPSA) is 60.0 Å². The van der Waals surface area contributed by atoms with Crippen molar-refractivity contribution in [3.8, 4) is 11.5 Å². The first kappa shape index (κ1) is 17.8. The molecule has 1 rings (SSSR count). The van der Waals surface area contributed by atoms with Crippen LogP contribution in [0.4, 0.5) is 0 Å². The van der Waals surface area contributed by atoms with E-state index in [1.165, 1.54) is 0 Å². The fourth-order valence-corrected chi connectivity index (χ4v) is 1.88. The molecule has 5 nitrogen and oxygen atoms in total. The van der Waals surface area contributed by atoms with E-state index in [2.05, 4.69) is 19.2 Å². The van der Waals surface area contributed by atoms with Gasteiger partial charge in [0.1, 0.15) is 24.2 Å². The van der Waals surface area contributed by atoms with Crippen LogP contribution in [0.5, 0.6) is 11.5 Å². The van der Waals surface area contributed by atoms with E-state index in [0.717, 1.165) is 5.75 Å². The highest BCUT2D eigenvalue weighted by Gasteiger charge is 2.14. The van der Waals surface area contributed by atoms with Crippen LogP contribution in [0.2, 0.25) is 0 Å². The molecule has 1 aromatic rings. The molecule has 1 aromatic carbocycles. The van der Waals surface area contributed by atoms with Gasteiger partial charge in [-0.25, -0.2) is 0 Å².